The third kappa shape index (κ3) is 49.5. The predicted molar refractivity (Wildman–Crippen MR) is 270 cm³/mol. The van der Waals surface area contributed by atoms with Crippen molar-refractivity contribution in [3.8, 4) is 0 Å². The molecule has 0 rings (SSSR count). The van der Waals surface area contributed by atoms with Crippen LogP contribution in [0.3, 0.4) is 0 Å². The summed E-state index contributed by atoms with van der Waals surface area (Å²) in [6.07, 6.45) is 66.4. The summed E-state index contributed by atoms with van der Waals surface area (Å²) >= 11 is 0. The van der Waals surface area contributed by atoms with Crippen LogP contribution in [0, 0.1) is 0 Å². The maximum Gasteiger partial charge on any atom is 0.472 e. The predicted octanol–water partition coefficient (Wildman–Crippen LogP) is 14.7. The number of likely N-dealkylation sites (N-methyl/N-ethyl adjacent to an activating group) is 1. The monoisotopic (exact) mass is 895 g/mol. The first-order valence-corrected chi connectivity index (χ1v) is 25.4. The number of esters is 1. The molecule has 2 unspecified atom stereocenters. The summed E-state index contributed by atoms with van der Waals surface area (Å²) in [5.74, 6) is -0.372. The highest BCUT2D eigenvalue weighted by atomic mass is 31.2. The fourth-order valence-electron chi connectivity index (χ4n) is 5.58. The van der Waals surface area contributed by atoms with Crippen molar-refractivity contribution in [2.75, 3.05) is 54.1 Å². The lowest BCUT2D eigenvalue weighted by atomic mass is 10.1. The van der Waals surface area contributed by atoms with Gasteiger partial charge in [0.05, 0.1) is 34.4 Å². The number of ether oxygens (including phenoxy) is 2. The van der Waals surface area contributed by atoms with Crippen LogP contribution in [-0.4, -0.2) is 75.6 Å². The summed E-state index contributed by atoms with van der Waals surface area (Å²) in [7, 11) is 1.59. The lowest BCUT2D eigenvalue weighted by molar-refractivity contribution is -0.870. The van der Waals surface area contributed by atoms with Gasteiger partial charge < -0.3 is 18.9 Å². The maximum atomic E-state index is 12.7. The van der Waals surface area contributed by atoms with Gasteiger partial charge in [-0.25, -0.2) is 4.57 Å². The van der Waals surface area contributed by atoms with Crippen LogP contribution < -0.4 is 0 Å². The third-order valence-electron chi connectivity index (χ3n) is 9.21. The van der Waals surface area contributed by atoms with Gasteiger partial charge in [-0.15, -0.1) is 0 Å². The second kappa shape index (κ2) is 45.2. The largest absolute Gasteiger partial charge is 0.472 e. The third-order valence-corrected chi connectivity index (χ3v) is 10.2. The molecule has 0 radical (unpaired) electrons. The van der Waals surface area contributed by atoms with E-state index in [4.69, 9.17) is 18.5 Å². The van der Waals surface area contributed by atoms with E-state index in [0.717, 1.165) is 116 Å². The van der Waals surface area contributed by atoms with Crippen molar-refractivity contribution in [2.24, 2.45) is 0 Å². The van der Waals surface area contributed by atoms with E-state index >= 15 is 0 Å². The number of carbonyl (C=O) groups is 1. The maximum absolute atomic E-state index is 12.7. The van der Waals surface area contributed by atoms with Crippen molar-refractivity contribution in [1.82, 2.24) is 0 Å². The van der Waals surface area contributed by atoms with Crippen LogP contribution in [0.15, 0.2) is 134 Å². The molecule has 8 nitrogen and oxygen atoms in total. The van der Waals surface area contributed by atoms with Crippen LogP contribution >= 0.6 is 7.82 Å². The topological polar surface area (TPSA) is 91.3 Å². The molecule has 0 heterocycles. The van der Waals surface area contributed by atoms with Gasteiger partial charge in [0.1, 0.15) is 19.3 Å². The summed E-state index contributed by atoms with van der Waals surface area (Å²) in [4.78, 5) is 23.0. The minimum Gasteiger partial charge on any atom is -0.457 e. The van der Waals surface area contributed by atoms with Crippen LogP contribution in [0.5, 0.6) is 0 Å². The Hall–Kier alpha value is -3.36. The molecule has 2 atom stereocenters. The molecule has 0 aromatic carbocycles. The van der Waals surface area contributed by atoms with Gasteiger partial charge in [0.15, 0.2) is 0 Å². The first kappa shape index (κ1) is 59.6. The number of phosphoric acid groups is 1. The molecule has 0 aromatic heterocycles. The number of carbonyl (C=O) groups excluding carboxylic acids is 1. The molecule has 0 aliphatic rings. The van der Waals surface area contributed by atoms with Crippen LogP contribution in [0.2, 0.25) is 0 Å². The zero-order valence-corrected chi connectivity index (χ0v) is 41.1. The lowest BCUT2D eigenvalue weighted by Crippen LogP contribution is -2.37. The van der Waals surface area contributed by atoms with E-state index in [1.807, 2.05) is 21.1 Å². The number of unbranched alkanes of at least 4 members (excludes halogenated alkanes) is 6. The lowest BCUT2D eigenvalue weighted by Gasteiger charge is -2.24. The van der Waals surface area contributed by atoms with Gasteiger partial charge in [-0.2, -0.15) is 0 Å². The molecule has 0 amide bonds. The van der Waals surface area contributed by atoms with Crippen molar-refractivity contribution in [1.29, 1.82) is 0 Å². The van der Waals surface area contributed by atoms with E-state index in [9.17, 15) is 14.3 Å². The molecular weight excluding hydrogens is 806 g/mol. The number of hydrogen-bond donors (Lipinski definition) is 1. The molecule has 0 saturated carbocycles. The van der Waals surface area contributed by atoms with E-state index in [1.54, 1.807) is 0 Å². The standard InChI is InChI=1S/C54H88NO7P/c1-6-8-10-12-14-16-18-20-22-24-26-28-29-31-33-35-37-39-41-43-45-47-54(56)62-53(52-61-63(57,58)60-50-48-55(3,4)5)51-59-49-46-44-42-40-38-36-34-32-30-27-25-23-21-19-17-15-13-11-9-7-2/h8-11,14-17,20-23,26-28,30-31,33-34,36-37,39,53H,6-7,12-13,18-19,24-25,29,32,35,38,40-52H2,1-5H3/p+1/b10-8-,11-9-,16-14-,17-15-,22-20-,23-21-,28-26-,30-27-,33-31-,36-34-,39-37-. The highest BCUT2D eigenvalue weighted by Crippen LogP contribution is 2.43. The minimum atomic E-state index is -4.31. The molecule has 0 saturated heterocycles. The number of hydrogen-bond acceptors (Lipinski definition) is 6. The number of quaternary nitrogens is 1. The van der Waals surface area contributed by atoms with E-state index in [2.05, 4.69) is 148 Å². The summed E-state index contributed by atoms with van der Waals surface area (Å²) < 4.78 is 35.0. The summed E-state index contributed by atoms with van der Waals surface area (Å²) in [5, 5.41) is 0. The summed E-state index contributed by atoms with van der Waals surface area (Å²) in [6.45, 7) is 5.22. The highest BCUT2D eigenvalue weighted by Gasteiger charge is 2.26. The van der Waals surface area contributed by atoms with Crippen LogP contribution in [0.4, 0.5) is 0 Å². The quantitative estimate of drug-likeness (QED) is 0.0215. The van der Waals surface area contributed by atoms with Gasteiger partial charge in [0, 0.05) is 13.0 Å². The fraction of sp³-hybridized carbons (Fsp3) is 0.574. The zero-order chi connectivity index (χ0) is 46.2. The van der Waals surface area contributed by atoms with Gasteiger partial charge in [-0.3, -0.25) is 13.8 Å². The molecule has 0 spiro atoms. The van der Waals surface area contributed by atoms with Crippen molar-refractivity contribution < 1.29 is 37.3 Å². The van der Waals surface area contributed by atoms with Gasteiger partial charge >= 0.3 is 13.8 Å². The van der Waals surface area contributed by atoms with E-state index in [-0.39, 0.29) is 32.2 Å². The van der Waals surface area contributed by atoms with Crippen molar-refractivity contribution in [3.05, 3.63) is 134 Å². The van der Waals surface area contributed by atoms with E-state index in [1.165, 1.54) is 0 Å². The molecule has 0 fully saturated rings. The number of allylic oxidation sites excluding steroid dienone is 22. The normalized spacial score (nSPS) is 14.8. The van der Waals surface area contributed by atoms with Gasteiger partial charge in [-0.1, -0.05) is 160 Å². The minimum absolute atomic E-state index is 0.0656. The Morgan fingerprint density at radius 2 is 0.873 bits per heavy atom. The Balaban J connectivity index is 4.38. The van der Waals surface area contributed by atoms with E-state index in [0.29, 0.717) is 24.1 Å². The van der Waals surface area contributed by atoms with Crippen molar-refractivity contribution in [2.45, 2.75) is 148 Å². The Bertz CT molecular complexity index is 1460. The number of phosphoric ester groups is 1. The first-order valence-electron chi connectivity index (χ1n) is 23.9. The number of rotatable bonds is 42. The summed E-state index contributed by atoms with van der Waals surface area (Å²) in [6, 6.07) is 0. The SMILES string of the molecule is CC/C=C\C/C=C\C/C=C\C/C=C\C/C=C\C/C=C\CCCCC(=O)OC(COCCCCCC/C=C\C/C=C\C/C=C\C/C=C\C/C=C\CC)COP(=O)(O)OCC[N+](C)(C)C. The molecule has 63 heavy (non-hydrogen) atoms. The fourth-order valence-corrected chi connectivity index (χ4v) is 6.32. The van der Waals surface area contributed by atoms with Crippen LogP contribution in [-0.2, 0) is 27.9 Å². The Labute approximate surface area is 385 Å². The molecule has 0 aromatic rings. The number of nitrogens with zero attached hydrogens (tertiary/aromatic N) is 1. The molecule has 0 bridgehead atoms. The van der Waals surface area contributed by atoms with Crippen LogP contribution in [0.25, 0.3) is 0 Å². The molecule has 0 aliphatic heterocycles. The second-order valence-corrected chi connectivity index (χ2v) is 17.8. The average molecular weight is 895 g/mol. The zero-order valence-electron chi connectivity index (χ0n) is 40.2. The molecular formula is C54H89NO7P+. The van der Waals surface area contributed by atoms with Crippen LogP contribution in [0.1, 0.15) is 142 Å². The van der Waals surface area contributed by atoms with E-state index < -0.39 is 13.9 Å². The Kier molecular flexibility index (Phi) is 42.8. The van der Waals surface area contributed by atoms with Gasteiger partial charge in [-0.05, 0) is 109 Å². The van der Waals surface area contributed by atoms with Gasteiger partial charge in [0.2, 0.25) is 0 Å². The average Bonchev–Trinajstić information content (AvgIpc) is 3.24. The molecule has 0 aliphatic carbocycles. The smallest absolute Gasteiger partial charge is 0.457 e. The molecule has 9 heteroatoms. The Morgan fingerprint density at radius 1 is 0.492 bits per heavy atom. The van der Waals surface area contributed by atoms with Crippen molar-refractivity contribution >= 4 is 13.8 Å². The van der Waals surface area contributed by atoms with Crippen molar-refractivity contribution in [3.63, 3.8) is 0 Å². The molecule has 356 valence electrons. The molecule has 1 N–H and O–H groups in total. The summed E-state index contributed by atoms with van der Waals surface area (Å²) in [5.41, 5.74) is 0. The Morgan fingerprint density at radius 3 is 1.29 bits per heavy atom. The highest BCUT2D eigenvalue weighted by molar-refractivity contribution is 7.47. The van der Waals surface area contributed by atoms with Gasteiger partial charge in [0.25, 0.3) is 0 Å². The first-order chi connectivity index (χ1) is 30.6. The second-order valence-electron chi connectivity index (χ2n) is 16.4.